The van der Waals surface area contributed by atoms with Gasteiger partial charge in [0.2, 0.25) is 0 Å². The molecule has 5 rings (SSSR count). The number of benzene rings is 2. The predicted octanol–water partition coefficient (Wildman–Crippen LogP) is 6.72. The maximum Gasteiger partial charge on any atom is 0.269 e. The van der Waals surface area contributed by atoms with Crippen LogP contribution in [0, 0.1) is 0 Å². The second kappa shape index (κ2) is 10.6. The minimum absolute atomic E-state index is 0.0146. The van der Waals surface area contributed by atoms with Crippen molar-refractivity contribution in [1.29, 1.82) is 0 Å². The number of nitrogens with one attached hydrogen (secondary N) is 1. The van der Waals surface area contributed by atoms with E-state index in [2.05, 4.69) is 17.3 Å². The number of hydrogen-bond acceptors (Lipinski definition) is 7. The molecule has 1 aliphatic carbocycles. The third kappa shape index (κ3) is 4.84. The van der Waals surface area contributed by atoms with E-state index in [9.17, 15) is 9.59 Å². The summed E-state index contributed by atoms with van der Waals surface area (Å²) in [5.74, 6) is -0.0382. The fourth-order valence-corrected chi connectivity index (χ4v) is 7.16. The Kier molecular flexibility index (Phi) is 7.25. The molecule has 6 nitrogen and oxygen atoms in total. The molecular formula is C28H30N4O2S2. The minimum atomic E-state index is -0.0236. The fourth-order valence-electron chi connectivity index (χ4n) is 4.64. The summed E-state index contributed by atoms with van der Waals surface area (Å²) in [5, 5.41) is 4.97. The zero-order valence-electron chi connectivity index (χ0n) is 20.8. The van der Waals surface area contributed by atoms with Gasteiger partial charge in [-0.15, -0.1) is 0 Å². The van der Waals surface area contributed by atoms with Crippen LogP contribution in [-0.2, 0) is 11.3 Å². The van der Waals surface area contributed by atoms with Crippen LogP contribution in [-0.4, -0.2) is 40.3 Å². The molecule has 0 aromatic heterocycles. The van der Waals surface area contributed by atoms with Gasteiger partial charge < -0.3 is 10.2 Å². The van der Waals surface area contributed by atoms with Crippen LogP contribution in [0.15, 0.2) is 74.1 Å². The van der Waals surface area contributed by atoms with Crippen molar-refractivity contribution >= 4 is 51.8 Å². The lowest BCUT2D eigenvalue weighted by molar-refractivity contribution is -0.122. The maximum absolute atomic E-state index is 13.9. The molecule has 0 atom stereocenters. The van der Waals surface area contributed by atoms with Gasteiger partial charge in [-0.1, -0.05) is 42.1 Å². The number of Topliss-reactive ketones (excluding diaryl/α,β-unsaturated/α-hetero) is 1. The highest BCUT2D eigenvalue weighted by Crippen LogP contribution is 2.51. The van der Waals surface area contributed by atoms with E-state index in [0.29, 0.717) is 23.0 Å². The van der Waals surface area contributed by atoms with Crippen LogP contribution >= 0.6 is 23.5 Å². The zero-order chi connectivity index (χ0) is 25.2. The number of carbonyl (C=O) groups is 2. The number of anilines is 1. The Labute approximate surface area is 220 Å². The standard InChI is InChI=1S/C28H30N4O2S2/c1-4-29-21-15-14-20(18(2)33)16-22(21)30-28-32(17-19-10-6-5-7-11-19)26(34)25(36-28)27-31(3)23-12-8-9-13-24(23)35-27/h5-7,10-11,14-16,29H,4,8-9,12-13,17H2,1-3H3/b27-25-,30-28?. The SMILES string of the molecule is CCNc1ccc(C(C)=O)cc1N=C1S/C(=C2\SC3=C(CCCC3)N2C)C(=O)N1Cc1ccccc1. The van der Waals surface area contributed by atoms with Crippen LogP contribution < -0.4 is 5.32 Å². The molecule has 3 aliphatic rings. The number of hydrogen-bond donors (Lipinski definition) is 1. The minimum Gasteiger partial charge on any atom is -0.384 e. The summed E-state index contributed by atoms with van der Waals surface area (Å²) in [7, 11) is 2.08. The van der Waals surface area contributed by atoms with Crippen molar-refractivity contribution in [1.82, 2.24) is 9.80 Å². The lowest BCUT2D eigenvalue weighted by Crippen LogP contribution is -2.29. The monoisotopic (exact) mass is 518 g/mol. The molecule has 36 heavy (non-hydrogen) atoms. The molecule has 2 aromatic carbocycles. The first-order valence-corrected chi connectivity index (χ1v) is 14.0. The molecule has 1 N–H and O–H groups in total. The Morgan fingerprint density at radius 2 is 1.86 bits per heavy atom. The molecule has 1 fully saturated rings. The van der Waals surface area contributed by atoms with E-state index >= 15 is 0 Å². The number of amidine groups is 1. The van der Waals surface area contributed by atoms with Crippen molar-refractivity contribution in [2.75, 3.05) is 18.9 Å². The van der Waals surface area contributed by atoms with Gasteiger partial charge in [-0.3, -0.25) is 14.5 Å². The summed E-state index contributed by atoms with van der Waals surface area (Å²) in [5.41, 5.74) is 4.49. The molecular weight excluding hydrogens is 488 g/mol. The van der Waals surface area contributed by atoms with Crippen LogP contribution in [0.5, 0.6) is 0 Å². The number of carbonyl (C=O) groups excluding carboxylic acids is 2. The number of allylic oxidation sites excluding steroid dienone is 2. The van der Waals surface area contributed by atoms with E-state index in [4.69, 9.17) is 4.99 Å². The second-order valence-electron chi connectivity index (χ2n) is 9.06. The van der Waals surface area contributed by atoms with Gasteiger partial charge in [-0.25, -0.2) is 4.99 Å². The van der Waals surface area contributed by atoms with Crippen LogP contribution in [0.25, 0.3) is 0 Å². The number of aliphatic imine (C=N–C) groups is 1. The molecule has 186 valence electrons. The van der Waals surface area contributed by atoms with Gasteiger partial charge in [0, 0.05) is 29.8 Å². The van der Waals surface area contributed by atoms with Crippen molar-refractivity contribution < 1.29 is 9.59 Å². The molecule has 2 heterocycles. The quantitative estimate of drug-likeness (QED) is 0.338. The molecule has 8 heteroatoms. The molecule has 0 saturated carbocycles. The molecule has 1 amide bonds. The Hall–Kier alpha value is -2.97. The Morgan fingerprint density at radius 3 is 2.58 bits per heavy atom. The van der Waals surface area contributed by atoms with Crippen LogP contribution in [0.2, 0.25) is 0 Å². The number of ketones is 1. The Morgan fingerprint density at radius 1 is 1.08 bits per heavy atom. The number of amides is 1. The topological polar surface area (TPSA) is 65.0 Å². The van der Waals surface area contributed by atoms with E-state index < -0.39 is 0 Å². The average Bonchev–Trinajstić information content (AvgIpc) is 3.37. The van der Waals surface area contributed by atoms with E-state index in [1.165, 1.54) is 35.2 Å². The van der Waals surface area contributed by atoms with Crippen molar-refractivity contribution in [3.05, 3.63) is 80.2 Å². The van der Waals surface area contributed by atoms with Crippen LogP contribution in [0.3, 0.4) is 0 Å². The van der Waals surface area contributed by atoms with Gasteiger partial charge in [0.15, 0.2) is 11.0 Å². The Balaban J connectivity index is 1.57. The van der Waals surface area contributed by atoms with Gasteiger partial charge in [0.25, 0.3) is 5.91 Å². The van der Waals surface area contributed by atoms with E-state index in [0.717, 1.165) is 40.6 Å². The van der Waals surface area contributed by atoms with E-state index in [1.54, 1.807) is 29.7 Å². The van der Waals surface area contributed by atoms with Gasteiger partial charge in [-0.05, 0) is 75.1 Å². The highest BCUT2D eigenvalue weighted by Gasteiger charge is 2.40. The summed E-state index contributed by atoms with van der Waals surface area (Å²) >= 11 is 3.18. The van der Waals surface area contributed by atoms with Gasteiger partial charge in [-0.2, -0.15) is 0 Å². The highest BCUT2D eigenvalue weighted by molar-refractivity contribution is 8.19. The van der Waals surface area contributed by atoms with E-state index in [1.807, 2.05) is 49.4 Å². The maximum atomic E-state index is 13.9. The van der Waals surface area contributed by atoms with Gasteiger partial charge in [0.05, 0.1) is 22.9 Å². The predicted molar refractivity (Wildman–Crippen MR) is 150 cm³/mol. The summed E-state index contributed by atoms with van der Waals surface area (Å²) in [6.07, 6.45) is 4.54. The molecule has 1 saturated heterocycles. The third-order valence-corrected chi connectivity index (χ3v) is 9.10. The second-order valence-corrected chi connectivity index (χ2v) is 11.1. The van der Waals surface area contributed by atoms with Crippen LogP contribution in [0.1, 0.15) is 55.5 Å². The number of thioether (sulfide) groups is 2. The summed E-state index contributed by atoms with van der Waals surface area (Å²) in [6, 6.07) is 15.5. The highest BCUT2D eigenvalue weighted by atomic mass is 32.2. The Bertz CT molecular complexity index is 1300. The number of nitrogens with zero attached hydrogens (tertiary/aromatic N) is 3. The van der Waals surface area contributed by atoms with Crippen molar-refractivity contribution in [2.45, 2.75) is 46.1 Å². The van der Waals surface area contributed by atoms with Gasteiger partial charge >= 0.3 is 0 Å². The largest absolute Gasteiger partial charge is 0.384 e. The lowest BCUT2D eigenvalue weighted by Gasteiger charge is -2.20. The molecule has 0 radical (unpaired) electrons. The fraction of sp³-hybridized carbons (Fsp3) is 0.321. The number of rotatable bonds is 6. The molecule has 0 bridgehead atoms. The lowest BCUT2D eigenvalue weighted by atomic mass is 10.0. The summed E-state index contributed by atoms with van der Waals surface area (Å²) in [6.45, 7) is 4.74. The first-order valence-electron chi connectivity index (χ1n) is 12.3. The van der Waals surface area contributed by atoms with Crippen LogP contribution in [0.4, 0.5) is 11.4 Å². The zero-order valence-corrected chi connectivity index (χ0v) is 22.5. The molecule has 2 aliphatic heterocycles. The summed E-state index contributed by atoms with van der Waals surface area (Å²) in [4.78, 5) is 37.0. The molecule has 0 spiro atoms. The van der Waals surface area contributed by atoms with Crippen molar-refractivity contribution in [3.8, 4) is 0 Å². The normalized spacial score (nSPS) is 21.0. The first-order chi connectivity index (χ1) is 17.5. The first kappa shape index (κ1) is 24.7. The molecule has 2 aromatic rings. The van der Waals surface area contributed by atoms with Crippen molar-refractivity contribution in [3.63, 3.8) is 0 Å². The van der Waals surface area contributed by atoms with Crippen molar-refractivity contribution in [2.24, 2.45) is 4.99 Å². The third-order valence-electron chi connectivity index (χ3n) is 6.55. The van der Waals surface area contributed by atoms with E-state index in [-0.39, 0.29) is 11.7 Å². The average molecular weight is 519 g/mol. The molecule has 0 unspecified atom stereocenters. The summed E-state index contributed by atoms with van der Waals surface area (Å²) < 4.78 is 0. The van der Waals surface area contributed by atoms with Gasteiger partial charge in [0.1, 0.15) is 4.91 Å². The smallest absolute Gasteiger partial charge is 0.269 e.